The fourth-order valence-electron chi connectivity index (χ4n) is 8.89. The van der Waals surface area contributed by atoms with Crippen LogP contribution in [0, 0.1) is 0 Å². The summed E-state index contributed by atoms with van der Waals surface area (Å²) in [6.07, 6.45) is 0. The van der Waals surface area contributed by atoms with Crippen molar-refractivity contribution >= 4 is 66.5 Å². The van der Waals surface area contributed by atoms with Crippen molar-refractivity contribution in [3.8, 4) is 39.2 Å². The quantitative estimate of drug-likeness (QED) is 0.119. The molecule has 2 heterocycles. The number of rotatable bonds is 7. The molecule has 0 atom stereocenters. The van der Waals surface area contributed by atoms with Crippen molar-refractivity contribution in [3.05, 3.63) is 224 Å². The summed E-state index contributed by atoms with van der Waals surface area (Å²) in [5.74, 6) is 0. The zero-order chi connectivity index (χ0) is 39.3. The topological polar surface area (TPSA) is 34.9 Å². The van der Waals surface area contributed by atoms with E-state index in [0.717, 1.165) is 71.4 Å². The number of para-hydroxylation sites is 3. The zero-order valence-corrected chi connectivity index (χ0v) is 33.0. The average Bonchev–Trinajstić information content (AvgIpc) is 3.66. The van der Waals surface area contributed by atoms with Gasteiger partial charge in [0.25, 0.3) is 0 Å². The standard InChI is InChI=1S/C55H37N2OP/c58-59(43-20-9-3-10-21-43,44-22-11-4-12-23-44)45-34-32-39(33-35-45)38-28-30-40(31-29-38)46-25-15-26-49-52-50(53(56-54(46)49)41-16-5-1-6-17-41)37-36-48-47-24-13-14-27-51(47)57(55(48)52)42-18-7-2-8-19-42/h1-37H. The Morgan fingerprint density at radius 1 is 0.373 bits per heavy atom. The van der Waals surface area contributed by atoms with Gasteiger partial charge in [-0.05, 0) is 34.9 Å². The number of pyridine rings is 1. The lowest BCUT2D eigenvalue weighted by Gasteiger charge is -2.20. The Kier molecular flexibility index (Phi) is 8.43. The molecule has 0 N–H and O–H groups in total. The number of benzene rings is 9. The maximum absolute atomic E-state index is 15.0. The van der Waals surface area contributed by atoms with Crippen molar-refractivity contribution in [2.24, 2.45) is 0 Å². The summed E-state index contributed by atoms with van der Waals surface area (Å²) in [6, 6.07) is 77.8. The molecule has 278 valence electrons. The first kappa shape index (κ1) is 34.9. The van der Waals surface area contributed by atoms with Crippen molar-refractivity contribution in [2.45, 2.75) is 0 Å². The van der Waals surface area contributed by atoms with E-state index >= 15 is 0 Å². The lowest BCUT2D eigenvalue weighted by atomic mass is 9.93. The monoisotopic (exact) mass is 772 g/mol. The minimum absolute atomic E-state index is 0.818. The van der Waals surface area contributed by atoms with Crippen LogP contribution >= 0.6 is 7.14 Å². The summed E-state index contributed by atoms with van der Waals surface area (Å²) in [7, 11) is -3.06. The molecule has 0 aliphatic heterocycles. The Labute approximate surface area is 342 Å². The molecule has 4 heteroatoms. The van der Waals surface area contributed by atoms with Crippen LogP contribution in [-0.2, 0) is 4.57 Å². The fourth-order valence-corrected chi connectivity index (χ4v) is 11.5. The van der Waals surface area contributed by atoms with Gasteiger partial charge in [-0.25, -0.2) is 4.98 Å². The normalized spacial score (nSPS) is 11.8. The van der Waals surface area contributed by atoms with Crippen LogP contribution in [0.25, 0.3) is 82.7 Å². The first-order chi connectivity index (χ1) is 29.2. The molecule has 0 unspecified atom stereocenters. The van der Waals surface area contributed by atoms with Crippen molar-refractivity contribution in [1.82, 2.24) is 9.55 Å². The predicted octanol–water partition coefficient (Wildman–Crippen LogP) is 13.1. The molecule has 3 nitrogen and oxygen atoms in total. The first-order valence-corrected chi connectivity index (χ1v) is 21.7. The maximum atomic E-state index is 15.0. The van der Waals surface area contributed by atoms with Crippen LogP contribution in [0.1, 0.15) is 0 Å². The van der Waals surface area contributed by atoms with Gasteiger partial charge in [-0.2, -0.15) is 0 Å². The molecule has 0 fully saturated rings. The molecule has 0 saturated heterocycles. The molecule has 0 radical (unpaired) electrons. The van der Waals surface area contributed by atoms with Gasteiger partial charge in [0.05, 0.1) is 22.2 Å². The third-order valence-corrected chi connectivity index (χ3v) is 14.8. The van der Waals surface area contributed by atoms with Crippen LogP contribution in [0.3, 0.4) is 0 Å². The largest absolute Gasteiger partial charge is 0.309 e. The summed E-state index contributed by atoms with van der Waals surface area (Å²) in [4.78, 5) is 5.54. The molecule has 11 rings (SSSR count). The summed E-state index contributed by atoms with van der Waals surface area (Å²) in [6.45, 7) is 0. The molecule has 0 aliphatic rings. The molecular weight excluding hydrogens is 736 g/mol. The summed E-state index contributed by atoms with van der Waals surface area (Å²) >= 11 is 0. The molecule has 2 aromatic heterocycles. The smallest absolute Gasteiger partial charge is 0.171 e. The molecule has 0 saturated carbocycles. The van der Waals surface area contributed by atoms with Crippen molar-refractivity contribution < 1.29 is 4.57 Å². The average molecular weight is 773 g/mol. The van der Waals surface area contributed by atoms with E-state index in [9.17, 15) is 4.57 Å². The van der Waals surface area contributed by atoms with E-state index in [2.05, 4.69) is 156 Å². The van der Waals surface area contributed by atoms with Gasteiger partial charge in [0.1, 0.15) is 0 Å². The van der Waals surface area contributed by atoms with Crippen LogP contribution in [0.5, 0.6) is 0 Å². The van der Waals surface area contributed by atoms with E-state index in [1.807, 2.05) is 72.8 Å². The first-order valence-electron chi connectivity index (χ1n) is 20.0. The third-order valence-electron chi connectivity index (χ3n) is 11.7. The molecule has 0 bridgehead atoms. The van der Waals surface area contributed by atoms with Crippen LogP contribution in [-0.4, -0.2) is 9.55 Å². The second-order valence-corrected chi connectivity index (χ2v) is 17.8. The summed E-state index contributed by atoms with van der Waals surface area (Å²) in [5, 5.41) is 8.34. The fraction of sp³-hybridized carbons (Fsp3) is 0. The highest BCUT2D eigenvalue weighted by Crippen LogP contribution is 2.45. The molecule has 0 spiro atoms. The number of aromatic nitrogens is 2. The SMILES string of the molecule is O=P(c1ccccc1)(c1ccccc1)c1ccc(-c2ccc(-c3cccc4c3nc(-c3ccccc3)c3ccc5c6ccccc6n(-c6ccccc6)c5c34)cc2)cc1. The van der Waals surface area contributed by atoms with E-state index in [1.54, 1.807) is 0 Å². The molecular formula is C55H37N2OP. The Bertz CT molecular complexity index is 3320. The summed E-state index contributed by atoms with van der Waals surface area (Å²) in [5.41, 5.74) is 10.8. The van der Waals surface area contributed by atoms with Crippen molar-refractivity contribution in [3.63, 3.8) is 0 Å². The van der Waals surface area contributed by atoms with E-state index in [0.29, 0.717) is 0 Å². The van der Waals surface area contributed by atoms with Gasteiger partial charge in [-0.15, -0.1) is 0 Å². The van der Waals surface area contributed by atoms with Crippen molar-refractivity contribution in [2.75, 3.05) is 0 Å². The van der Waals surface area contributed by atoms with Gasteiger partial charge < -0.3 is 9.13 Å². The number of fused-ring (bicyclic) bond motifs is 7. The van der Waals surface area contributed by atoms with Gasteiger partial charge in [0.2, 0.25) is 0 Å². The van der Waals surface area contributed by atoms with Gasteiger partial charge in [0.15, 0.2) is 7.14 Å². The Morgan fingerprint density at radius 2 is 0.881 bits per heavy atom. The maximum Gasteiger partial charge on any atom is 0.171 e. The van der Waals surface area contributed by atoms with Crippen LogP contribution in [0.15, 0.2) is 224 Å². The lowest BCUT2D eigenvalue weighted by molar-refractivity contribution is 0.592. The van der Waals surface area contributed by atoms with Crippen LogP contribution < -0.4 is 15.9 Å². The highest BCUT2D eigenvalue weighted by Gasteiger charge is 2.29. The molecule has 59 heavy (non-hydrogen) atoms. The minimum atomic E-state index is -3.06. The van der Waals surface area contributed by atoms with E-state index < -0.39 is 7.14 Å². The number of nitrogens with zero attached hydrogens (tertiary/aromatic N) is 2. The highest BCUT2D eigenvalue weighted by molar-refractivity contribution is 7.85. The third kappa shape index (κ3) is 5.74. The second kappa shape index (κ2) is 14.3. The Morgan fingerprint density at radius 3 is 1.54 bits per heavy atom. The second-order valence-electron chi connectivity index (χ2n) is 15.0. The lowest BCUT2D eigenvalue weighted by Crippen LogP contribution is -2.24. The predicted molar refractivity (Wildman–Crippen MR) is 249 cm³/mol. The van der Waals surface area contributed by atoms with Crippen LogP contribution in [0.2, 0.25) is 0 Å². The van der Waals surface area contributed by atoms with Gasteiger partial charge in [-0.3, -0.25) is 0 Å². The van der Waals surface area contributed by atoms with Crippen LogP contribution in [0.4, 0.5) is 0 Å². The molecule has 9 aromatic carbocycles. The number of hydrogen-bond acceptors (Lipinski definition) is 2. The Hall–Kier alpha value is -7.32. The van der Waals surface area contributed by atoms with E-state index in [4.69, 9.17) is 4.98 Å². The van der Waals surface area contributed by atoms with Gasteiger partial charge >= 0.3 is 0 Å². The van der Waals surface area contributed by atoms with Gasteiger partial charge in [0, 0.05) is 59.7 Å². The van der Waals surface area contributed by atoms with Gasteiger partial charge in [-0.1, -0.05) is 206 Å². The summed E-state index contributed by atoms with van der Waals surface area (Å²) < 4.78 is 17.4. The zero-order valence-electron chi connectivity index (χ0n) is 32.1. The minimum Gasteiger partial charge on any atom is -0.309 e. The van der Waals surface area contributed by atoms with E-state index in [-0.39, 0.29) is 0 Å². The van der Waals surface area contributed by atoms with Crippen molar-refractivity contribution in [1.29, 1.82) is 0 Å². The molecule has 0 aliphatic carbocycles. The Balaban J connectivity index is 1.07. The molecule has 0 amide bonds. The highest BCUT2D eigenvalue weighted by atomic mass is 31.2. The van der Waals surface area contributed by atoms with E-state index in [1.165, 1.54) is 27.2 Å². The molecule has 11 aromatic rings. The number of hydrogen-bond donors (Lipinski definition) is 0.